The van der Waals surface area contributed by atoms with Gasteiger partial charge in [-0.05, 0) is 37.1 Å². The van der Waals surface area contributed by atoms with Crippen molar-refractivity contribution in [2.24, 2.45) is 4.99 Å². The lowest BCUT2D eigenvalue weighted by Crippen LogP contribution is -2.37. The number of halogens is 2. The zero-order valence-corrected chi connectivity index (χ0v) is 15.5. The van der Waals surface area contributed by atoms with Crippen molar-refractivity contribution in [1.29, 1.82) is 0 Å². The molecule has 6 heteroatoms. The first-order chi connectivity index (χ1) is 10.2. The predicted octanol–water partition coefficient (Wildman–Crippen LogP) is 3.17. The third-order valence-electron chi connectivity index (χ3n) is 3.08. The molecule has 0 aliphatic carbocycles. The molecule has 0 aliphatic heterocycles. The molecule has 3 N–H and O–H groups in total. The molecule has 118 valence electrons. The number of terminal acetylenes is 1. The van der Waals surface area contributed by atoms with Crippen molar-refractivity contribution < 1.29 is 0 Å². The van der Waals surface area contributed by atoms with Gasteiger partial charge in [0.25, 0.3) is 0 Å². The Hall–Kier alpha value is -1.39. The van der Waals surface area contributed by atoms with Gasteiger partial charge in [0.05, 0.1) is 6.54 Å². The van der Waals surface area contributed by atoms with Gasteiger partial charge in [0.2, 0.25) is 0 Å². The highest BCUT2D eigenvalue weighted by Gasteiger charge is 2.04. The van der Waals surface area contributed by atoms with E-state index >= 15 is 0 Å². The molecule has 0 amide bonds. The third kappa shape index (κ3) is 5.11. The van der Waals surface area contributed by atoms with Crippen molar-refractivity contribution in [3.8, 4) is 12.3 Å². The Kier molecular flexibility index (Phi) is 8.13. The van der Waals surface area contributed by atoms with Crippen LogP contribution >= 0.6 is 35.6 Å². The summed E-state index contributed by atoms with van der Waals surface area (Å²) in [6.07, 6.45) is 8.10. The number of aliphatic imine (C=N–C) groups is 1. The van der Waals surface area contributed by atoms with Crippen LogP contribution in [0.2, 0.25) is 5.02 Å². The number of nitrogens with one attached hydrogen (secondary N) is 3. The molecule has 2 aromatic rings. The van der Waals surface area contributed by atoms with Crippen molar-refractivity contribution in [2.75, 3.05) is 19.6 Å². The third-order valence-corrected chi connectivity index (χ3v) is 3.32. The maximum atomic E-state index is 6.05. The molecule has 0 spiro atoms. The molecule has 1 aromatic carbocycles. The molecule has 0 bridgehead atoms. The molecule has 1 heterocycles. The minimum Gasteiger partial charge on any atom is -0.361 e. The molecular formula is C16H20ClIN4. The van der Waals surface area contributed by atoms with Crippen LogP contribution in [0.4, 0.5) is 0 Å². The van der Waals surface area contributed by atoms with Crippen molar-refractivity contribution in [2.45, 2.75) is 13.3 Å². The van der Waals surface area contributed by atoms with E-state index < -0.39 is 0 Å². The van der Waals surface area contributed by atoms with Crippen molar-refractivity contribution in [3.05, 3.63) is 35.0 Å². The second-order valence-corrected chi connectivity index (χ2v) is 5.01. The summed E-state index contributed by atoms with van der Waals surface area (Å²) in [5, 5.41) is 8.13. The van der Waals surface area contributed by atoms with E-state index in [0.29, 0.717) is 13.1 Å². The summed E-state index contributed by atoms with van der Waals surface area (Å²) in [5.41, 5.74) is 2.31. The fraction of sp³-hybridized carbons (Fsp3) is 0.312. The normalized spacial score (nSPS) is 10.9. The molecule has 0 unspecified atom stereocenters. The molecule has 0 aliphatic rings. The van der Waals surface area contributed by atoms with Crippen LogP contribution in [0.5, 0.6) is 0 Å². The quantitative estimate of drug-likeness (QED) is 0.295. The van der Waals surface area contributed by atoms with Crippen molar-refractivity contribution in [3.63, 3.8) is 0 Å². The van der Waals surface area contributed by atoms with Crippen LogP contribution in [0.15, 0.2) is 29.4 Å². The summed E-state index contributed by atoms with van der Waals surface area (Å²) >= 11 is 6.05. The van der Waals surface area contributed by atoms with Gasteiger partial charge in [-0.25, -0.2) is 0 Å². The first kappa shape index (κ1) is 18.7. The van der Waals surface area contributed by atoms with E-state index in [1.54, 1.807) is 0 Å². The van der Waals surface area contributed by atoms with Crippen LogP contribution in [0.3, 0.4) is 0 Å². The number of H-pyrrole nitrogens is 1. The molecular weight excluding hydrogens is 411 g/mol. The highest BCUT2D eigenvalue weighted by Crippen LogP contribution is 2.22. The summed E-state index contributed by atoms with van der Waals surface area (Å²) in [7, 11) is 0. The van der Waals surface area contributed by atoms with Crippen LogP contribution in [0.1, 0.15) is 12.5 Å². The Bertz CT molecular complexity index is 672. The van der Waals surface area contributed by atoms with Gasteiger partial charge in [0.15, 0.2) is 5.96 Å². The lowest BCUT2D eigenvalue weighted by atomic mass is 10.1. The fourth-order valence-electron chi connectivity index (χ4n) is 2.12. The Morgan fingerprint density at radius 3 is 2.95 bits per heavy atom. The summed E-state index contributed by atoms with van der Waals surface area (Å²) in [5.74, 6) is 3.28. The van der Waals surface area contributed by atoms with Crippen molar-refractivity contribution in [1.82, 2.24) is 15.6 Å². The van der Waals surface area contributed by atoms with Crippen LogP contribution in [0, 0.1) is 12.3 Å². The number of rotatable bonds is 5. The van der Waals surface area contributed by atoms with Gasteiger partial charge in [0.1, 0.15) is 0 Å². The van der Waals surface area contributed by atoms with Gasteiger partial charge in [-0.3, -0.25) is 4.99 Å². The van der Waals surface area contributed by atoms with Gasteiger partial charge in [-0.15, -0.1) is 30.4 Å². The Morgan fingerprint density at radius 2 is 2.23 bits per heavy atom. The highest BCUT2D eigenvalue weighted by atomic mass is 127. The Morgan fingerprint density at radius 1 is 1.41 bits per heavy atom. The summed E-state index contributed by atoms with van der Waals surface area (Å²) < 4.78 is 0. The summed E-state index contributed by atoms with van der Waals surface area (Å²) in [4.78, 5) is 7.76. The highest BCUT2D eigenvalue weighted by molar-refractivity contribution is 14.0. The van der Waals surface area contributed by atoms with E-state index in [1.807, 2.05) is 31.3 Å². The first-order valence-electron chi connectivity index (χ1n) is 6.95. The lowest BCUT2D eigenvalue weighted by molar-refractivity contribution is 0.857. The van der Waals surface area contributed by atoms with E-state index in [9.17, 15) is 0 Å². The average Bonchev–Trinajstić information content (AvgIpc) is 2.87. The Labute approximate surface area is 153 Å². The largest absolute Gasteiger partial charge is 0.361 e. The summed E-state index contributed by atoms with van der Waals surface area (Å²) in [6.45, 7) is 3.97. The number of benzene rings is 1. The van der Waals surface area contributed by atoms with E-state index in [-0.39, 0.29) is 24.0 Å². The number of fused-ring (bicyclic) bond motifs is 1. The molecule has 1 aromatic heterocycles. The number of aromatic nitrogens is 1. The van der Waals surface area contributed by atoms with E-state index in [1.165, 1.54) is 5.56 Å². The topological polar surface area (TPSA) is 52.2 Å². The fourth-order valence-corrected chi connectivity index (χ4v) is 2.29. The monoisotopic (exact) mass is 430 g/mol. The van der Waals surface area contributed by atoms with Crippen LogP contribution in [-0.4, -0.2) is 30.6 Å². The molecule has 0 radical (unpaired) electrons. The molecule has 4 nitrogen and oxygen atoms in total. The Balaban J connectivity index is 0.00000242. The van der Waals surface area contributed by atoms with Crippen molar-refractivity contribution >= 4 is 52.4 Å². The van der Waals surface area contributed by atoms with Gasteiger partial charge in [-0.2, -0.15) is 0 Å². The maximum Gasteiger partial charge on any atom is 0.192 e. The zero-order chi connectivity index (χ0) is 15.1. The van der Waals surface area contributed by atoms with Crippen LogP contribution in [-0.2, 0) is 6.42 Å². The standard InChI is InChI=1S/C16H19ClN4.HI/c1-3-8-19-16(18-4-2)20-9-7-12-11-21-15-6-5-13(17)10-14(12)15;/h1,5-6,10-11,21H,4,7-9H2,2H3,(H2,18,19,20);1H. The van der Waals surface area contributed by atoms with Gasteiger partial charge < -0.3 is 15.6 Å². The van der Waals surface area contributed by atoms with E-state index in [2.05, 4.69) is 26.5 Å². The average molecular weight is 431 g/mol. The van der Waals surface area contributed by atoms with Gasteiger partial charge in [0, 0.05) is 35.2 Å². The number of hydrogen-bond acceptors (Lipinski definition) is 1. The number of nitrogens with zero attached hydrogens (tertiary/aromatic N) is 1. The van der Waals surface area contributed by atoms with Gasteiger partial charge in [-0.1, -0.05) is 17.5 Å². The van der Waals surface area contributed by atoms with Gasteiger partial charge >= 0.3 is 0 Å². The molecule has 0 fully saturated rings. The molecule has 22 heavy (non-hydrogen) atoms. The van der Waals surface area contributed by atoms with E-state index in [0.717, 1.165) is 34.9 Å². The second-order valence-electron chi connectivity index (χ2n) is 4.57. The predicted molar refractivity (Wildman–Crippen MR) is 105 cm³/mol. The minimum atomic E-state index is 0. The first-order valence-corrected chi connectivity index (χ1v) is 7.33. The maximum absolute atomic E-state index is 6.05. The van der Waals surface area contributed by atoms with Crippen LogP contribution in [0.25, 0.3) is 10.9 Å². The number of hydrogen-bond donors (Lipinski definition) is 3. The minimum absolute atomic E-state index is 0. The second kappa shape index (κ2) is 9.59. The number of guanidine groups is 1. The molecule has 2 rings (SSSR count). The summed E-state index contributed by atoms with van der Waals surface area (Å²) in [6, 6.07) is 5.85. The van der Waals surface area contributed by atoms with E-state index in [4.69, 9.17) is 18.0 Å². The smallest absolute Gasteiger partial charge is 0.192 e. The molecule has 0 saturated heterocycles. The van der Waals surface area contributed by atoms with Crippen LogP contribution < -0.4 is 10.6 Å². The molecule has 0 atom stereocenters. The molecule has 0 saturated carbocycles. The SMILES string of the molecule is C#CCNC(=NCCc1c[nH]c2ccc(Cl)cc12)NCC.I. The lowest BCUT2D eigenvalue weighted by Gasteiger charge is -2.08. The zero-order valence-electron chi connectivity index (χ0n) is 12.4. The number of aromatic amines is 1.